The van der Waals surface area contributed by atoms with E-state index in [1.54, 1.807) is 37.5 Å². The molecule has 1 saturated carbocycles. The lowest BCUT2D eigenvalue weighted by molar-refractivity contribution is 0.0657. The van der Waals surface area contributed by atoms with E-state index in [-0.39, 0.29) is 23.3 Å². The largest absolute Gasteiger partial charge is 0.361 e. The Bertz CT molecular complexity index is 794. The molecule has 25 heavy (non-hydrogen) atoms. The van der Waals surface area contributed by atoms with E-state index < -0.39 is 0 Å². The highest BCUT2D eigenvalue weighted by atomic mass is 16.5. The van der Waals surface area contributed by atoms with Gasteiger partial charge in [-0.25, -0.2) is 0 Å². The molecule has 1 aliphatic heterocycles. The molecule has 2 aromatic rings. The van der Waals surface area contributed by atoms with Gasteiger partial charge in [-0.3, -0.25) is 14.6 Å². The van der Waals surface area contributed by atoms with Gasteiger partial charge >= 0.3 is 0 Å². The van der Waals surface area contributed by atoms with Crippen LogP contribution in [0, 0.1) is 12.3 Å². The minimum absolute atomic E-state index is 0.0548. The van der Waals surface area contributed by atoms with Gasteiger partial charge in [0.25, 0.3) is 11.8 Å². The number of aryl methyl sites for hydroxylation is 1. The van der Waals surface area contributed by atoms with Gasteiger partial charge in [0, 0.05) is 43.2 Å². The molecule has 7 nitrogen and oxygen atoms in total. The van der Waals surface area contributed by atoms with E-state index in [1.807, 2.05) is 4.90 Å². The number of piperidine rings is 1. The molecule has 0 aromatic carbocycles. The van der Waals surface area contributed by atoms with Gasteiger partial charge in [-0.2, -0.15) is 0 Å². The first-order chi connectivity index (χ1) is 12.1. The molecule has 2 aliphatic rings. The number of rotatable bonds is 3. The van der Waals surface area contributed by atoms with Crippen LogP contribution in [0.2, 0.25) is 0 Å². The van der Waals surface area contributed by atoms with Crippen LogP contribution in [-0.4, -0.2) is 46.0 Å². The maximum Gasteiger partial charge on any atom is 0.276 e. The Hall–Kier alpha value is -2.70. The number of amides is 2. The first-order valence-corrected chi connectivity index (χ1v) is 8.51. The molecule has 3 heterocycles. The van der Waals surface area contributed by atoms with E-state index in [1.165, 1.54) is 0 Å². The van der Waals surface area contributed by atoms with Crippen LogP contribution in [0.25, 0.3) is 0 Å². The minimum Gasteiger partial charge on any atom is -0.361 e. The molecule has 1 saturated heterocycles. The number of carbonyl (C=O) groups excluding carboxylic acids is 2. The highest BCUT2D eigenvalue weighted by Gasteiger charge is 2.56. The number of likely N-dealkylation sites (tertiary alicyclic amines) is 1. The molecule has 0 bridgehead atoms. The third kappa shape index (κ3) is 3.01. The summed E-state index contributed by atoms with van der Waals surface area (Å²) >= 11 is 0. The topological polar surface area (TPSA) is 88.3 Å². The van der Waals surface area contributed by atoms with Crippen LogP contribution in [-0.2, 0) is 0 Å². The van der Waals surface area contributed by atoms with Gasteiger partial charge < -0.3 is 14.7 Å². The Morgan fingerprint density at radius 2 is 2.00 bits per heavy atom. The average molecular weight is 340 g/mol. The second-order valence-electron chi connectivity index (χ2n) is 6.94. The summed E-state index contributed by atoms with van der Waals surface area (Å²) < 4.78 is 4.98. The quantitative estimate of drug-likeness (QED) is 0.920. The molecule has 2 aromatic heterocycles. The number of nitrogens with zero attached hydrogens (tertiary/aromatic N) is 3. The molecule has 4 rings (SSSR count). The number of carbonyl (C=O) groups is 2. The standard InChI is InChI=1S/C18H20N4O3/c1-12-10-14(21-25-12)17(24)22-8-4-18(5-9-22)11-15(18)20-16(23)13-2-6-19-7-3-13/h2-3,6-7,10,15H,4-5,8-9,11H2,1H3,(H,20,23). The summed E-state index contributed by atoms with van der Waals surface area (Å²) in [7, 11) is 0. The van der Waals surface area contributed by atoms with Gasteiger partial charge in [-0.15, -0.1) is 0 Å². The predicted octanol–water partition coefficient (Wildman–Crippen LogP) is 1.80. The second kappa shape index (κ2) is 5.98. The van der Waals surface area contributed by atoms with Gasteiger partial charge in [0.15, 0.2) is 5.69 Å². The van der Waals surface area contributed by atoms with Crippen LogP contribution in [0.15, 0.2) is 35.1 Å². The lowest BCUT2D eigenvalue weighted by Gasteiger charge is -2.32. The van der Waals surface area contributed by atoms with Crippen molar-refractivity contribution in [1.29, 1.82) is 0 Å². The number of hydrogen-bond donors (Lipinski definition) is 1. The van der Waals surface area contributed by atoms with E-state index in [2.05, 4.69) is 15.5 Å². The molecule has 1 aliphatic carbocycles. The lowest BCUT2D eigenvalue weighted by atomic mass is 9.92. The first kappa shape index (κ1) is 15.8. The van der Waals surface area contributed by atoms with Crippen molar-refractivity contribution in [3.63, 3.8) is 0 Å². The van der Waals surface area contributed by atoms with Crippen LogP contribution in [0.3, 0.4) is 0 Å². The summed E-state index contributed by atoms with van der Waals surface area (Å²) in [5.41, 5.74) is 1.14. The summed E-state index contributed by atoms with van der Waals surface area (Å²) in [6.45, 7) is 3.15. The van der Waals surface area contributed by atoms with Crippen molar-refractivity contribution < 1.29 is 14.1 Å². The number of hydrogen-bond acceptors (Lipinski definition) is 5. The molecule has 0 radical (unpaired) electrons. The molecular weight excluding hydrogens is 320 g/mol. The normalized spacial score (nSPS) is 21.2. The summed E-state index contributed by atoms with van der Waals surface area (Å²) in [6, 6.07) is 5.29. The number of aromatic nitrogens is 2. The molecule has 1 N–H and O–H groups in total. The van der Waals surface area contributed by atoms with Crippen molar-refractivity contribution in [2.75, 3.05) is 13.1 Å². The fourth-order valence-electron chi connectivity index (χ4n) is 3.63. The van der Waals surface area contributed by atoms with Gasteiger partial charge in [-0.1, -0.05) is 5.16 Å². The summed E-state index contributed by atoms with van der Waals surface area (Å²) in [5, 5.41) is 6.91. The summed E-state index contributed by atoms with van der Waals surface area (Å²) in [4.78, 5) is 30.4. The fourth-order valence-corrected chi connectivity index (χ4v) is 3.63. The summed E-state index contributed by atoms with van der Waals surface area (Å²) in [6.07, 6.45) is 6.02. The molecule has 1 unspecified atom stereocenters. The zero-order chi connectivity index (χ0) is 17.4. The van der Waals surface area contributed by atoms with Crippen LogP contribution in [0.1, 0.15) is 45.9 Å². The van der Waals surface area contributed by atoms with E-state index in [0.29, 0.717) is 30.1 Å². The third-order valence-corrected chi connectivity index (χ3v) is 5.33. The zero-order valence-electron chi connectivity index (χ0n) is 14.1. The molecule has 7 heteroatoms. The van der Waals surface area contributed by atoms with Crippen LogP contribution < -0.4 is 5.32 Å². The minimum atomic E-state index is -0.0790. The molecule has 2 amide bonds. The highest BCUT2D eigenvalue weighted by Crippen LogP contribution is 2.54. The van der Waals surface area contributed by atoms with E-state index in [9.17, 15) is 9.59 Å². The lowest BCUT2D eigenvalue weighted by Crippen LogP contribution is -2.41. The van der Waals surface area contributed by atoms with Crippen molar-refractivity contribution in [3.8, 4) is 0 Å². The van der Waals surface area contributed by atoms with Crippen LogP contribution >= 0.6 is 0 Å². The van der Waals surface area contributed by atoms with Crippen molar-refractivity contribution >= 4 is 11.8 Å². The fraction of sp³-hybridized carbons (Fsp3) is 0.444. The number of nitrogens with one attached hydrogen (secondary N) is 1. The highest BCUT2D eigenvalue weighted by molar-refractivity contribution is 5.94. The SMILES string of the molecule is Cc1cc(C(=O)N2CCC3(CC2)CC3NC(=O)c2ccncc2)no1. The Labute approximate surface area is 145 Å². The monoisotopic (exact) mass is 340 g/mol. The van der Waals surface area contributed by atoms with Crippen molar-refractivity contribution in [2.24, 2.45) is 5.41 Å². The van der Waals surface area contributed by atoms with E-state index in [0.717, 1.165) is 19.3 Å². The van der Waals surface area contributed by atoms with E-state index in [4.69, 9.17) is 4.52 Å². The first-order valence-electron chi connectivity index (χ1n) is 8.51. The smallest absolute Gasteiger partial charge is 0.276 e. The third-order valence-electron chi connectivity index (χ3n) is 5.33. The second-order valence-corrected chi connectivity index (χ2v) is 6.94. The van der Waals surface area contributed by atoms with Crippen molar-refractivity contribution in [3.05, 3.63) is 47.6 Å². The molecule has 130 valence electrons. The van der Waals surface area contributed by atoms with Crippen molar-refractivity contribution in [2.45, 2.75) is 32.2 Å². The molecule has 2 fully saturated rings. The van der Waals surface area contributed by atoms with E-state index >= 15 is 0 Å². The predicted molar refractivity (Wildman–Crippen MR) is 88.9 cm³/mol. The van der Waals surface area contributed by atoms with Gasteiger partial charge in [0.1, 0.15) is 5.76 Å². The average Bonchev–Trinajstić information content (AvgIpc) is 3.09. The van der Waals surface area contributed by atoms with Gasteiger partial charge in [-0.05, 0) is 43.7 Å². The maximum absolute atomic E-state index is 12.4. The molecule has 1 spiro atoms. The van der Waals surface area contributed by atoms with Gasteiger partial charge in [0.2, 0.25) is 0 Å². The Balaban J connectivity index is 1.32. The maximum atomic E-state index is 12.4. The zero-order valence-corrected chi connectivity index (χ0v) is 14.1. The molecular formula is C18H20N4O3. The van der Waals surface area contributed by atoms with Crippen LogP contribution in [0.4, 0.5) is 0 Å². The Kier molecular flexibility index (Phi) is 3.78. The summed E-state index contributed by atoms with van der Waals surface area (Å²) in [5.74, 6) is 0.503. The Morgan fingerprint density at radius 1 is 1.28 bits per heavy atom. The van der Waals surface area contributed by atoms with Crippen LogP contribution in [0.5, 0.6) is 0 Å². The molecule has 1 atom stereocenters. The van der Waals surface area contributed by atoms with Gasteiger partial charge in [0.05, 0.1) is 0 Å². The number of pyridine rings is 1. The Morgan fingerprint density at radius 3 is 2.64 bits per heavy atom. The van der Waals surface area contributed by atoms with Crippen molar-refractivity contribution in [1.82, 2.24) is 20.4 Å².